The Balaban J connectivity index is 1.30. The smallest absolute Gasteiger partial charge is 0.327 e. The number of hydrogen-bond acceptors (Lipinski definition) is 9. The predicted molar refractivity (Wildman–Crippen MR) is 178 cm³/mol. The topological polar surface area (TPSA) is 227 Å². The van der Waals surface area contributed by atoms with Crippen molar-refractivity contribution in [2.24, 2.45) is 0 Å². The first-order valence-electron chi connectivity index (χ1n) is 15.1. The van der Waals surface area contributed by atoms with E-state index in [1.165, 1.54) is 60.0 Å². The van der Waals surface area contributed by atoms with Crippen molar-refractivity contribution >= 4 is 53.0 Å². The molecule has 16 heteroatoms. The van der Waals surface area contributed by atoms with Gasteiger partial charge in [0.15, 0.2) is 0 Å². The van der Waals surface area contributed by atoms with Crippen molar-refractivity contribution < 1.29 is 39.0 Å². The van der Waals surface area contributed by atoms with E-state index in [1.807, 2.05) is 0 Å². The summed E-state index contributed by atoms with van der Waals surface area (Å²) >= 11 is 1.25. The van der Waals surface area contributed by atoms with Gasteiger partial charge in [-0.25, -0.2) is 4.79 Å². The molecule has 256 valence electrons. The number of H-pyrrole nitrogens is 1. The van der Waals surface area contributed by atoms with E-state index < -0.39 is 69.4 Å². The number of nitrogens with zero attached hydrogens (tertiary/aromatic N) is 1. The summed E-state index contributed by atoms with van der Waals surface area (Å²) in [6.07, 6.45) is 0. The molecule has 2 saturated heterocycles. The molecule has 2 aliphatic rings. The van der Waals surface area contributed by atoms with Crippen LogP contribution in [0.4, 0.5) is 5.69 Å². The molecule has 2 fully saturated rings. The first kappa shape index (κ1) is 34.7. The average Bonchev–Trinajstić information content (AvgIpc) is 3.30. The van der Waals surface area contributed by atoms with E-state index in [-0.39, 0.29) is 22.8 Å². The highest BCUT2D eigenvalue weighted by molar-refractivity contribution is 8.01. The fourth-order valence-electron chi connectivity index (χ4n) is 5.73. The summed E-state index contributed by atoms with van der Waals surface area (Å²) in [5, 5.41) is 29.2. The normalized spacial score (nSPS) is 20.2. The summed E-state index contributed by atoms with van der Waals surface area (Å²) < 4.78 is -0.811. The second kappa shape index (κ2) is 13.5. The van der Waals surface area contributed by atoms with Gasteiger partial charge in [0, 0.05) is 23.1 Å². The molecule has 0 saturated carbocycles. The highest BCUT2D eigenvalue weighted by atomic mass is 32.2. The molecular formula is C33H34N6O9S. The van der Waals surface area contributed by atoms with Crippen molar-refractivity contribution in [3.63, 3.8) is 0 Å². The number of phenols is 1. The van der Waals surface area contributed by atoms with E-state index in [0.29, 0.717) is 16.9 Å². The van der Waals surface area contributed by atoms with Crippen LogP contribution in [0.15, 0.2) is 65.5 Å². The number of aliphatic carboxylic acids is 1. The van der Waals surface area contributed by atoms with Crippen LogP contribution in [0.1, 0.15) is 49.7 Å². The third-order valence-electron chi connectivity index (χ3n) is 8.17. The van der Waals surface area contributed by atoms with Gasteiger partial charge in [-0.2, -0.15) is 0 Å². The summed E-state index contributed by atoms with van der Waals surface area (Å²) in [7, 11) is 0. The van der Waals surface area contributed by atoms with Crippen molar-refractivity contribution in [1.29, 1.82) is 0 Å². The Morgan fingerprint density at radius 3 is 2.16 bits per heavy atom. The molecule has 3 heterocycles. The Kier molecular flexibility index (Phi) is 9.53. The van der Waals surface area contributed by atoms with Crippen molar-refractivity contribution in [3.05, 3.63) is 82.1 Å². The van der Waals surface area contributed by atoms with Crippen LogP contribution in [0.3, 0.4) is 0 Å². The lowest BCUT2D eigenvalue weighted by molar-refractivity contribution is -0.161. The standard InChI is InChI=1S/C33H34N6O9S/c1-15(34-16(2)40)26(42)35-19-9-5-17(6-10-19)22-14-13-21(27(43)36-22)28(44)37-23(18-7-11-20(41)12-8-18)29(45)38-24-30(46)39-25(32(47)48)33(3,4)49-31(24)39/h5-15,23-25,31,41H,1-4H3,(H,34,40)(H,35,42)(H,36,43)(H,37,44)(H,38,45)(H,47,48)/t15?,23?,24-,25-,31-/m0/s1. The van der Waals surface area contributed by atoms with Gasteiger partial charge in [0.2, 0.25) is 23.6 Å². The Bertz CT molecular complexity index is 1890. The van der Waals surface area contributed by atoms with E-state index in [1.54, 1.807) is 45.0 Å². The number of benzene rings is 2. The number of thioether (sulfide) groups is 1. The molecule has 0 spiro atoms. The van der Waals surface area contributed by atoms with E-state index in [2.05, 4.69) is 26.3 Å². The van der Waals surface area contributed by atoms with Gasteiger partial charge in [0.05, 0.1) is 0 Å². The number of carbonyl (C=O) groups excluding carboxylic acids is 5. The highest BCUT2D eigenvalue weighted by Crippen LogP contribution is 2.50. The average molecular weight is 691 g/mol. The first-order valence-corrected chi connectivity index (χ1v) is 16.0. The lowest BCUT2D eigenvalue weighted by Gasteiger charge is -2.44. The summed E-state index contributed by atoms with van der Waals surface area (Å²) in [6, 6.07) is 10.5. The fraction of sp³-hybridized carbons (Fsp3) is 0.303. The molecule has 0 aliphatic carbocycles. The van der Waals surface area contributed by atoms with Gasteiger partial charge in [0.1, 0.15) is 40.9 Å². The molecule has 49 heavy (non-hydrogen) atoms. The number of amides is 5. The van der Waals surface area contributed by atoms with Crippen molar-refractivity contribution in [2.45, 2.75) is 62.0 Å². The zero-order valence-electron chi connectivity index (χ0n) is 26.8. The molecule has 2 aliphatic heterocycles. The van der Waals surface area contributed by atoms with Gasteiger partial charge in [-0.1, -0.05) is 24.3 Å². The number of pyridine rings is 1. The summed E-state index contributed by atoms with van der Waals surface area (Å²) in [5.41, 5.74) is 0.576. The third-order valence-corrected chi connectivity index (χ3v) is 9.74. The molecule has 2 aromatic carbocycles. The number of fused-ring (bicyclic) bond motifs is 1. The number of carboxylic acids is 1. The molecule has 0 bridgehead atoms. The zero-order valence-corrected chi connectivity index (χ0v) is 27.6. The SMILES string of the molecule is CC(=O)NC(C)C(=O)Nc1ccc(-c2ccc(C(=O)NC(C(=O)N[C@H]3C(=O)N4[C@@H](C(=O)O)C(C)(C)S[C@@H]34)c3ccc(O)cc3)c(=O)[nH]2)cc1. The Labute approximate surface area is 283 Å². The molecule has 0 radical (unpaired) electrons. The number of β-lactam (4-membered cyclic amide) rings is 1. The second-order valence-electron chi connectivity index (χ2n) is 12.2. The van der Waals surface area contributed by atoms with E-state index >= 15 is 0 Å². The number of anilines is 1. The van der Waals surface area contributed by atoms with Crippen LogP contribution >= 0.6 is 11.8 Å². The maximum atomic E-state index is 13.6. The zero-order chi connectivity index (χ0) is 35.8. The van der Waals surface area contributed by atoms with Gasteiger partial charge < -0.3 is 41.4 Å². The molecule has 5 rings (SSSR count). The highest BCUT2D eigenvalue weighted by Gasteiger charge is 2.64. The van der Waals surface area contributed by atoms with Crippen LogP contribution in [-0.4, -0.2) is 83.8 Å². The lowest BCUT2D eigenvalue weighted by Crippen LogP contribution is -2.71. The van der Waals surface area contributed by atoms with Crippen molar-refractivity contribution in [3.8, 4) is 17.0 Å². The van der Waals surface area contributed by atoms with Gasteiger partial charge in [-0.05, 0) is 68.3 Å². The predicted octanol–water partition coefficient (Wildman–Crippen LogP) is 1.31. The molecule has 5 amide bonds. The summed E-state index contributed by atoms with van der Waals surface area (Å²) in [6.45, 7) is 6.26. The van der Waals surface area contributed by atoms with Gasteiger partial charge in [-0.3, -0.25) is 28.8 Å². The molecule has 5 atom stereocenters. The minimum atomic E-state index is -1.39. The second-order valence-corrected chi connectivity index (χ2v) is 14.0. The van der Waals surface area contributed by atoms with E-state index in [0.717, 1.165) is 0 Å². The number of hydrogen-bond donors (Lipinski definition) is 7. The van der Waals surface area contributed by atoms with Crippen LogP contribution in [0.25, 0.3) is 11.3 Å². The number of aromatic hydroxyl groups is 1. The van der Waals surface area contributed by atoms with Crippen LogP contribution in [0, 0.1) is 0 Å². The number of aromatic nitrogens is 1. The van der Waals surface area contributed by atoms with Crippen LogP contribution in [-0.2, 0) is 24.0 Å². The number of carboxylic acid groups (broad SMARTS) is 1. The monoisotopic (exact) mass is 690 g/mol. The van der Waals surface area contributed by atoms with Gasteiger partial charge >= 0.3 is 5.97 Å². The quantitative estimate of drug-likeness (QED) is 0.151. The van der Waals surface area contributed by atoms with Crippen LogP contribution in [0.2, 0.25) is 0 Å². The molecule has 1 aromatic heterocycles. The number of carbonyl (C=O) groups is 6. The largest absolute Gasteiger partial charge is 0.508 e. The Morgan fingerprint density at radius 2 is 1.57 bits per heavy atom. The molecule has 3 aromatic rings. The third kappa shape index (κ3) is 7.13. The summed E-state index contributed by atoms with van der Waals surface area (Å²) in [5.74, 6) is -4.24. The number of nitrogens with one attached hydrogen (secondary N) is 5. The minimum absolute atomic E-state index is 0.0923. The lowest BCUT2D eigenvalue weighted by atomic mass is 9.95. The Hall–Kier alpha value is -5.64. The fourth-order valence-corrected chi connectivity index (χ4v) is 7.36. The Morgan fingerprint density at radius 1 is 0.918 bits per heavy atom. The maximum Gasteiger partial charge on any atom is 0.327 e. The number of aromatic amines is 1. The van der Waals surface area contributed by atoms with Crippen LogP contribution in [0.5, 0.6) is 5.75 Å². The van der Waals surface area contributed by atoms with Crippen molar-refractivity contribution in [2.75, 3.05) is 5.32 Å². The van der Waals surface area contributed by atoms with E-state index in [9.17, 15) is 43.8 Å². The minimum Gasteiger partial charge on any atom is -0.508 e. The molecule has 15 nitrogen and oxygen atoms in total. The summed E-state index contributed by atoms with van der Waals surface area (Å²) in [4.78, 5) is 92.3. The number of phenolic OH excluding ortho intramolecular Hbond substituents is 1. The maximum absolute atomic E-state index is 13.6. The van der Waals surface area contributed by atoms with E-state index in [4.69, 9.17) is 0 Å². The molecule has 7 N–H and O–H groups in total. The van der Waals surface area contributed by atoms with Gasteiger partial charge in [0.25, 0.3) is 11.5 Å². The molecule has 2 unspecified atom stereocenters. The van der Waals surface area contributed by atoms with Crippen molar-refractivity contribution in [1.82, 2.24) is 25.8 Å². The number of rotatable bonds is 10. The van der Waals surface area contributed by atoms with Gasteiger partial charge in [-0.15, -0.1) is 11.8 Å². The first-order chi connectivity index (χ1) is 23.1. The van der Waals surface area contributed by atoms with Crippen LogP contribution < -0.4 is 26.8 Å². The molecular weight excluding hydrogens is 656 g/mol.